The number of benzene rings is 5. The van der Waals surface area contributed by atoms with Crippen LogP contribution in [-0.2, 0) is 39.4 Å². The van der Waals surface area contributed by atoms with Gasteiger partial charge < -0.3 is 19.5 Å². The quantitative estimate of drug-likeness (QED) is 0.147. The van der Waals surface area contributed by atoms with Gasteiger partial charge in [-0.15, -0.1) is 0 Å². The highest BCUT2D eigenvalue weighted by atomic mass is 16.5. The van der Waals surface area contributed by atoms with E-state index in [-0.39, 0.29) is 12.3 Å². The second kappa shape index (κ2) is 14.9. The second-order valence-corrected chi connectivity index (χ2v) is 10.9. The van der Waals surface area contributed by atoms with E-state index in [4.69, 9.17) is 14.2 Å². The standard InChI is InChI=1S/C39H37NO5/c1-39(32-19-11-5-12-20-32,33-21-13-6-14-22-33)38(42)40-34(37(41)43-2)25-31-23-24-35(44-27-29-15-7-3-8-16-29)36(26-31)45-28-30-17-9-4-10-18-30/h3-24,26,34H,25,27-28H2,1-2H3,(H,40,42)/t34-/m0/s1. The Labute approximate surface area is 264 Å². The van der Waals surface area contributed by atoms with Crippen molar-refractivity contribution >= 4 is 11.9 Å². The van der Waals surface area contributed by atoms with Crippen LogP contribution in [0, 0.1) is 0 Å². The molecule has 1 N–H and O–H groups in total. The van der Waals surface area contributed by atoms with Crippen LogP contribution in [0.15, 0.2) is 140 Å². The van der Waals surface area contributed by atoms with E-state index in [1.165, 1.54) is 7.11 Å². The minimum Gasteiger partial charge on any atom is -0.485 e. The molecular formula is C39H37NO5. The van der Waals surface area contributed by atoms with Crippen LogP contribution >= 0.6 is 0 Å². The van der Waals surface area contributed by atoms with Gasteiger partial charge in [0, 0.05) is 6.42 Å². The third-order valence-electron chi connectivity index (χ3n) is 7.87. The maximum absolute atomic E-state index is 14.1. The lowest BCUT2D eigenvalue weighted by atomic mass is 9.75. The number of hydrogen-bond acceptors (Lipinski definition) is 5. The van der Waals surface area contributed by atoms with Crippen LogP contribution < -0.4 is 14.8 Å². The lowest BCUT2D eigenvalue weighted by molar-refractivity contribution is -0.145. The Balaban J connectivity index is 1.41. The van der Waals surface area contributed by atoms with E-state index in [9.17, 15) is 9.59 Å². The van der Waals surface area contributed by atoms with Gasteiger partial charge in [0.05, 0.1) is 12.5 Å². The van der Waals surface area contributed by atoms with Crippen LogP contribution in [0.4, 0.5) is 0 Å². The molecule has 5 aromatic rings. The molecule has 45 heavy (non-hydrogen) atoms. The summed E-state index contributed by atoms with van der Waals surface area (Å²) in [4.78, 5) is 27.2. The summed E-state index contributed by atoms with van der Waals surface area (Å²) in [5.41, 5.74) is 3.40. The first kappa shape index (κ1) is 31.1. The summed E-state index contributed by atoms with van der Waals surface area (Å²) in [5, 5.41) is 3.01. The fourth-order valence-corrected chi connectivity index (χ4v) is 5.23. The average molecular weight is 600 g/mol. The first-order valence-corrected chi connectivity index (χ1v) is 14.9. The van der Waals surface area contributed by atoms with Gasteiger partial charge in [0.1, 0.15) is 19.3 Å². The van der Waals surface area contributed by atoms with Crippen molar-refractivity contribution in [3.8, 4) is 11.5 Å². The highest BCUT2D eigenvalue weighted by Gasteiger charge is 2.39. The molecular weight excluding hydrogens is 562 g/mol. The predicted molar refractivity (Wildman–Crippen MR) is 175 cm³/mol. The minimum atomic E-state index is -1.05. The number of amides is 1. The monoisotopic (exact) mass is 599 g/mol. The third kappa shape index (κ3) is 7.78. The number of hydrogen-bond donors (Lipinski definition) is 1. The van der Waals surface area contributed by atoms with Crippen LogP contribution in [0.1, 0.15) is 34.7 Å². The van der Waals surface area contributed by atoms with E-state index in [0.717, 1.165) is 27.8 Å². The Morgan fingerprint density at radius 3 is 1.58 bits per heavy atom. The largest absolute Gasteiger partial charge is 0.485 e. The van der Waals surface area contributed by atoms with Crippen LogP contribution in [-0.4, -0.2) is 25.0 Å². The summed E-state index contributed by atoms with van der Waals surface area (Å²) in [6.07, 6.45) is 0.193. The molecule has 0 aromatic heterocycles. The molecule has 0 aliphatic rings. The van der Waals surface area contributed by atoms with Crippen molar-refractivity contribution in [2.24, 2.45) is 0 Å². The second-order valence-electron chi connectivity index (χ2n) is 10.9. The van der Waals surface area contributed by atoms with Crippen molar-refractivity contribution in [3.63, 3.8) is 0 Å². The van der Waals surface area contributed by atoms with E-state index < -0.39 is 17.4 Å². The smallest absolute Gasteiger partial charge is 0.328 e. The zero-order chi connectivity index (χ0) is 31.5. The van der Waals surface area contributed by atoms with E-state index in [2.05, 4.69) is 5.32 Å². The van der Waals surface area contributed by atoms with Crippen molar-refractivity contribution < 1.29 is 23.8 Å². The Morgan fingerprint density at radius 1 is 0.622 bits per heavy atom. The Bertz CT molecular complexity index is 1640. The van der Waals surface area contributed by atoms with Crippen LogP contribution in [0.3, 0.4) is 0 Å². The zero-order valence-electron chi connectivity index (χ0n) is 25.5. The number of esters is 1. The van der Waals surface area contributed by atoms with Crippen LogP contribution in [0.2, 0.25) is 0 Å². The highest BCUT2D eigenvalue weighted by molar-refractivity contribution is 5.94. The molecule has 5 aromatic carbocycles. The van der Waals surface area contributed by atoms with Gasteiger partial charge in [-0.3, -0.25) is 4.79 Å². The van der Waals surface area contributed by atoms with Crippen molar-refractivity contribution in [2.45, 2.75) is 38.0 Å². The van der Waals surface area contributed by atoms with Gasteiger partial charge in [-0.1, -0.05) is 127 Å². The first-order chi connectivity index (χ1) is 22.0. The number of ether oxygens (including phenoxy) is 3. The van der Waals surface area contributed by atoms with Gasteiger partial charge in [-0.25, -0.2) is 4.79 Å². The zero-order valence-corrected chi connectivity index (χ0v) is 25.5. The molecule has 6 heteroatoms. The normalized spacial score (nSPS) is 11.7. The van der Waals surface area contributed by atoms with Crippen molar-refractivity contribution in [1.82, 2.24) is 5.32 Å². The molecule has 0 aliphatic heterocycles. The van der Waals surface area contributed by atoms with Crippen LogP contribution in [0.25, 0.3) is 0 Å². The summed E-state index contributed by atoms with van der Waals surface area (Å²) in [6, 6.07) is 43.5. The lowest BCUT2D eigenvalue weighted by Crippen LogP contribution is -2.51. The fraction of sp³-hybridized carbons (Fsp3) is 0.179. The number of nitrogens with one attached hydrogen (secondary N) is 1. The highest BCUT2D eigenvalue weighted by Crippen LogP contribution is 2.33. The molecule has 0 fully saturated rings. The molecule has 1 amide bonds. The summed E-state index contributed by atoms with van der Waals surface area (Å²) in [7, 11) is 1.32. The summed E-state index contributed by atoms with van der Waals surface area (Å²) in [5.74, 6) is 0.278. The molecule has 5 rings (SSSR count). The summed E-state index contributed by atoms with van der Waals surface area (Å²) in [6.45, 7) is 2.59. The molecule has 0 bridgehead atoms. The maximum atomic E-state index is 14.1. The molecule has 1 atom stereocenters. The Kier molecular flexibility index (Phi) is 10.3. The van der Waals surface area contributed by atoms with Crippen molar-refractivity contribution in [2.75, 3.05) is 7.11 Å². The van der Waals surface area contributed by atoms with Gasteiger partial charge in [-0.2, -0.15) is 0 Å². The minimum absolute atomic E-state index is 0.193. The SMILES string of the molecule is COC(=O)[C@H](Cc1ccc(OCc2ccccc2)c(OCc2ccccc2)c1)NC(=O)C(C)(c1ccccc1)c1ccccc1. The van der Waals surface area contributed by atoms with E-state index in [1.54, 1.807) is 0 Å². The third-order valence-corrected chi connectivity index (χ3v) is 7.87. The topological polar surface area (TPSA) is 73.9 Å². The molecule has 0 aliphatic carbocycles. The van der Waals surface area contributed by atoms with Gasteiger partial charge in [0.15, 0.2) is 11.5 Å². The molecule has 0 heterocycles. The molecule has 6 nitrogen and oxygen atoms in total. The number of rotatable bonds is 13. The predicted octanol–water partition coefficient (Wildman–Crippen LogP) is 7.05. The maximum Gasteiger partial charge on any atom is 0.328 e. The molecule has 0 saturated heterocycles. The van der Waals surface area contributed by atoms with Crippen molar-refractivity contribution in [1.29, 1.82) is 0 Å². The summed E-state index contributed by atoms with van der Waals surface area (Å²) < 4.78 is 17.6. The van der Waals surface area contributed by atoms with E-state index >= 15 is 0 Å². The van der Waals surface area contributed by atoms with Crippen molar-refractivity contribution in [3.05, 3.63) is 167 Å². The Hall–Kier alpha value is -5.36. The van der Waals surface area contributed by atoms with Gasteiger partial charge >= 0.3 is 5.97 Å². The molecule has 228 valence electrons. The number of carbonyl (C=O) groups excluding carboxylic acids is 2. The molecule has 0 unspecified atom stereocenters. The number of carbonyl (C=O) groups is 2. The molecule has 0 radical (unpaired) electrons. The first-order valence-electron chi connectivity index (χ1n) is 14.9. The van der Waals surface area contributed by atoms with Crippen LogP contribution in [0.5, 0.6) is 11.5 Å². The van der Waals surface area contributed by atoms with E-state index in [1.807, 2.05) is 146 Å². The fourth-order valence-electron chi connectivity index (χ4n) is 5.23. The lowest BCUT2D eigenvalue weighted by Gasteiger charge is -2.31. The molecule has 0 saturated carbocycles. The van der Waals surface area contributed by atoms with Gasteiger partial charge in [0.25, 0.3) is 0 Å². The Morgan fingerprint density at radius 2 is 1.09 bits per heavy atom. The number of methoxy groups -OCH3 is 1. The molecule has 0 spiro atoms. The average Bonchev–Trinajstić information content (AvgIpc) is 3.10. The summed E-state index contributed by atoms with van der Waals surface area (Å²) >= 11 is 0. The van der Waals surface area contributed by atoms with Gasteiger partial charge in [-0.05, 0) is 46.9 Å². The van der Waals surface area contributed by atoms with E-state index in [0.29, 0.717) is 24.7 Å². The van der Waals surface area contributed by atoms with Gasteiger partial charge in [0.2, 0.25) is 5.91 Å².